The Balaban J connectivity index is 1.56. The maximum Gasteiger partial charge on any atom is 0.309 e. The van der Waals surface area contributed by atoms with Crippen LogP contribution in [0.2, 0.25) is 0 Å². The van der Waals surface area contributed by atoms with Crippen LogP contribution in [0, 0.1) is 17.8 Å². The Labute approximate surface area is 241 Å². The van der Waals surface area contributed by atoms with Gasteiger partial charge in [-0.25, -0.2) is 4.68 Å². The number of aromatic nitrogens is 4. The van der Waals surface area contributed by atoms with Crippen molar-refractivity contribution in [3.05, 3.63) is 80.5 Å². The van der Waals surface area contributed by atoms with Crippen molar-refractivity contribution in [1.82, 2.24) is 24.9 Å². The molecule has 3 atom stereocenters. The maximum absolute atomic E-state index is 12.8. The molecule has 1 aliphatic heterocycles. The number of carboxylic acids is 1. The van der Waals surface area contributed by atoms with Crippen molar-refractivity contribution in [2.45, 2.75) is 79.0 Å². The number of nitrogens with one attached hydrogen (secondary N) is 1. The Hall–Kier alpha value is -3.72. The first-order chi connectivity index (χ1) is 19.1. The lowest BCUT2D eigenvalue weighted by atomic mass is 9.55. The van der Waals surface area contributed by atoms with Crippen LogP contribution in [-0.4, -0.2) is 48.1 Å². The summed E-state index contributed by atoms with van der Waals surface area (Å²) in [4.78, 5) is 30.1. The van der Waals surface area contributed by atoms with E-state index in [1.807, 2.05) is 40.8 Å². The summed E-state index contributed by atoms with van der Waals surface area (Å²) in [5.74, 6) is -0.556. The minimum absolute atomic E-state index is 0.0542. The highest BCUT2D eigenvalue weighted by molar-refractivity contribution is 5.76. The molecule has 3 heterocycles. The lowest BCUT2D eigenvalue weighted by Gasteiger charge is -2.47. The normalized spacial score (nSPS) is 22.8. The number of aryl methyl sites for hydroxylation is 2. The number of carbonyl (C=O) groups is 1. The Morgan fingerprint density at radius 1 is 1.24 bits per heavy atom. The monoisotopic (exact) mass is 559 g/mol. The Morgan fingerprint density at radius 3 is 2.68 bits per heavy atom. The predicted octanol–water partition coefficient (Wildman–Crippen LogP) is 5.02. The van der Waals surface area contributed by atoms with Crippen molar-refractivity contribution in [3.8, 4) is 5.75 Å². The molecule has 218 valence electrons. The molecule has 0 radical (unpaired) electrons. The Kier molecular flexibility index (Phi) is 7.01. The van der Waals surface area contributed by atoms with Gasteiger partial charge in [0.15, 0.2) is 0 Å². The number of nitrogens with zero attached hydrogens (tertiary/aromatic N) is 4. The molecule has 2 aliphatic rings. The van der Waals surface area contributed by atoms with E-state index in [1.54, 1.807) is 10.7 Å². The fourth-order valence-electron chi connectivity index (χ4n) is 6.86. The predicted molar refractivity (Wildman–Crippen MR) is 158 cm³/mol. The number of aliphatic carboxylic acids is 1. The van der Waals surface area contributed by atoms with Gasteiger partial charge in [-0.2, -0.15) is 0 Å². The SMILES string of the molecule is Cc1ccc([C@H](C(C)(C)C(=O)O)C2(C)C=Cc3c(nnn3C)C2C)cc1CN1Cc2[nH]c(=O)ccc2OC(C)(C)C1. The molecule has 0 saturated carbocycles. The number of fused-ring (bicyclic) bond motifs is 2. The molecule has 0 saturated heterocycles. The molecule has 2 N–H and O–H groups in total. The van der Waals surface area contributed by atoms with Gasteiger partial charge >= 0.3 is 5.97 Å². The van der Waals surface area contributed by atoms with Gasteiger partial charge in [-0.3, -0.25) is 14.5 Å². The fraction of sp³-hybridized carbons (Fsp3) is 0.500. The van der Waals surface area contributed by atoms with E-state index < -0.39 is 22.4 Å². The number of rotatable bonds is 6. The highest BCUT2D eigenvalue weighted by Gasteiger charge is 2.52. The average molecular weight is 560 g/mol. The minimum Gasteiger partial charge on any atom is -0.485 e. The Bertz CT molecular complexity index is 1580. The summed E-state index contributed by atoms with van der Waals surface area (Å²) in [6.45, 7) is 15.9. The molecule has 0 spiro atoms. The topological polar surface area (TPSA) is 113 Å². The minimum atomic E-state index is -1.07. The molecular weight excluding hydrogens is 518 g/mol. The van der Waals surface area contributed by atoms with Crippen molar-refractivity contribution < 1.29 is 14.6 Å². The van der Waals surface area contributed by atoms with Gasteiger partial charge in [0.2, 0.25) is 5.56 Å². The van der Waals surface area contributed by atoms with Gasteiger partial charge in [0.05, 0.1) is 22.5 Å². The van der Waals surface area contributed by atoms with E-state index in [0.717, 1.165) is 33.8 Å². The summed E-state index contributed by atoms with van der Waals surface area (Å²) in [5.41, 5.74) is 3.59. The third kappa shape index (κ3) is 5.12. The summed E-state index contributed by atoms with van der Waals surface area (Å²) in [6.07, 6.45) is 4.19. The van der Waals surface area contributed by atoms with E-state index in [-0.39, 0.29) is 17.4 Å². The molecule has 5 rings (SSSR count). The summed E-state index contributed by atoms with van der Waals surface area (Å²) in [5, 5.41) is 19.2. The lowest BCUT2D eigenvalue weighted by molar-refractivity contribution is -0.150. The Morgan fingerprint density at radius 2 is 1.98 bits per heavy atom. The highest BCUT2D eigenvalue weighted by atomic mass is 16.5. The zero-order valence-corrected chi connectivity index (χ0v) is 25.3. The molecule has 9 nitrogen and oxygen atoms in total. The molecule has 9 heteroatoms. The van der Waals surface area contributed by atoms with E-state index in [2.05, 4.69) is 65.2 Å². The van der Waals surface area contributed by atoms with Gasteiger partial charge in [0.1, 0.15) is 11.4 Å². The van der Waals surface area contributed by atoms with Crippen LogP contribution in [0.1, 0.15) is 87.2 Å². The van der Waals surface area contributed by atoms with Gasteiger partial charge in [-0.05, 0) is 63.5 Å². The lowest BCUT2D eigenvalue weighted by Crippen LogP contribution is -2.43. The molecule has 41 heavy (non-hydrogen) atoms. The number of ether oxygens (including phenoxy) is 1. The van der Waals surface area contributed by atoms with E-state index in [9.17, 15) is 14.7 Å². The molecule has 0 bridgehead atoms. The second-order valence-corrected chi connectivity index (χ2v) is 13.2. The molecule has 2 unspecified atom stereocenters. The molecule has 1 aliphatic carbocycles. The van der Waals surface area contributed by atoms with Crippen molar-refractivity contribution in [1.29, 1.82) is 0 Å². The molecule has 0 amide bonds. The second kappa shape index (κ2) is 9.98. The van der Waals surface area contributed by atoms with E-state index >= 15 is 0 Å². The first-order valence-corrected chi connectivity index (χ1v) is 14.2. The average Bonchev–Trinajstić information content (AvgIpc) is 3.19. The fourth-order valence-corrected chi connectivity index (χ4v) is 6.86. The van der Waals surface area contributed by atoms with E-state index in [1.165, 1.54) is 6.07 Å². The number of benzene rings is 1. The van der Waals surface area contributed by atoms with Gasteiger partial charge in [-0.15, -0.1) is 5.10 Å². The number of pyridine rings is 1. The first-order valence-electron chi connectivity index (χ1n) is 14.2. The number of H-pyrrole nitrogens is 1. The van der Waals surface area contributed by atoms with Crippen molar-refractivity contribution in [2.24, 2.45) is 17.9 Å². The van der Waals surface area contributed by atoms with Crippen LogP contribution < -0.4 is 10.3 Å². The number of allylic oxidation sites excluding steroid dienone is 1. The largest absolute Gasteiger partial charge is 0.485 e. The summed E-state index contributed by atoms with van der Waals surface area (Å²) in [7, 11) is 1.87. The highest BCUT2D eigenvalue weighted by Crippen LogP contribution is 2.57. The standard InChI is InChI=1S/C32H41N5O4/c1-19-9-10-21(15-22(19)16-37-17-23-25(11-12-26(38)33-23)41-30(3,4)18-37)28(31(5,6)29(39)40)32(7)14-13-24-27(20(32)2)34-35-36(24)8/h9-15,20,28H,16-18H2,1-8H3,(H,33,38)(H,39,40)/t20?,28-,32?/m1/s1. The summed E-state index contributed by atoms with van der Waals surface area (Å²) < 4.78 is 8.03. The molecule has 1 aromatic carbocycles. The van der Waals surface area contributed by atoms with Crippen LogP contribution in [-0.2, 0) is 24.9 Å². The van der Waals surface area contributed by atoms with Crippen LogP contribution in [0.4, 0.5) is 0 Å². The molecule has 0 fully saturated rings. The third-order valence-corrected chi connectivity index (χ3v) is 9.17. The number of hydrogen-bond donors (Lipinski definition) is 2. The second-order valence-electron chi connectivity index (χ2n) is 13.2. The van der Waals surface area contributed by atoms with Crippen LogP contribution in [0.5, 0.6) is 5.75 Å². The molecule has 3 aromatic rings. The summed E-state index contributed by atoms with van der Waals surface area (Å²) >= 11 is 0. The number of hydrogen-bond acceptors (Lipinski definition) is 6. The van der Waals surface area contributed by atoms with Crippen LogP contribution in [0.15, 0.2) is 41.2 Å². The van der Waals surface area contributed by atoms with Gasteiger partial charge in [0, 0.05) is 50.0 Å². The van der Waals surface area contributed by atoms with Crippen LogP contribution in [0.25, 0.3) is 6.08 Å². The number of carboxylic acid groups (broad SMARTS) is 1. The van der Waals surface area contributed by atoms with Crippen molar-refractivity contribution >= 4 is 12.0 Å². The zero-order valence-electron chi connectivity index (χ0n) is 25.3. The van der Waals surface area contributed by atoms with E-state index in [0.29, 0.717) is 25.4 Å². The van der Waals surface area contributed by atoms with E-state index in [4.69, 9.17) is 4.74 Å². The third-order valence-electron chi connectivity index (χ3n) is 9.17. The van der Waals surface area contributed by atoms with Crippen molar-refractivity contribution in [2.75, 3.05) is 6.54 Å². The quantitative estimate of drug-likeness (QED) is 0.436. The first kappa shape index (κ1) is 28.8. The number of aromatic amines is 1. The van der Waals surface area contributed by atoms with Gasteiger partial charge < -0.3 is 14.8 Å². The maximum atomic E-state index is 12.8. The molecular formula is C32H41N5O4. The smallest absolute Gasteiger partial charge is 0.309 e. The van der Waals surface area contributed by atoms with Crippen LogP contribution in [0.3, 0.4) is 0 Å². The van der Waals surface area contributed by atoms with Crippen LogP contribution >= 0.6 is 0 Å². The van der Waals surface area contributed by atoms with Gasteiger partial charge in [0.25, 0.3) is 0 Å². The summed E-state index contributed by atoms with van der Waals surface area (Å²) in [6, 6.07) is 9.59. The van der Waals surface area contributed by atoms with Gasteiger partial charge in [-0.1, -0.05) is 43.3 Å². The zero-order chi connectivity index (χ0) is 29.9. The van der Waals surface area contributed by atoms with Crippen molar-refractivity contribution in [3.63, 3.8) is 0 Å². The molecule has 2 aromatic heterocycles.